The summed E-state index contributed by atoms with van der Waals surface area (Å²) >= 11 is 6.04. The van der Waals surface area contributed by atoms with Crippen molar-refractivity contribution in [2.75, 3.05) is 14.2 Å². The first-order valence-electron chi connectivity index (χ1n) is 8.36. The van der Waals surface area contributed by atoms with E-state index in [2.05, 4.69) is 0 Å². The molecule has 5 nitrogen and oxygen atoms in total. The number of allylic oxidation sites excluding steroid dienone is 1. The van der Waals surface area contributed by atoms with Gasteiger partial charge in [0.25, 0.3) is 0 Å². The van der Waals surface area contributed by atoms with Crippen molar-refractivity contribution in [2.24, 2.45) is 0 Å². The smallest absolute Gasteiger partial charge is 0.339 e. The predicted molar refractivity (Wildman–Crippen MR) is 107 cm³/mol. The fraction of sp³-hybridized carbons (Fsp3) is 0.0909. The summed E-state index contributed by atoms with van der Waals surface area (Å²) in [6.45, 7) is 0. The number of furan rings is 1. The van der Waals surface area contributed by atoms with Gasteiger partial charge >= 0.3 is 5.97 Å². The highest BCUT2D eigenvalue weighted by atomic mass is 35.5. The van der Waals surface area contributed by atoms with Crippen LogP contribution in [0.1, 0.15) is 26.5 Å². The van der Waals surface area contributed by atoms with Gasteiger partial charge in [0.15, 0.2) is 5.78 Å². The maximum atomic E-state index is 12.2. The third kappa shape index (κ3) is 4.32. The van der Waals surface area contributed by atoms with Crippen molar-refractivity contribution in [1.29, 1.82) is 0 Å². The lowest BCUT2D eigenvalue weighted by atomic mass is 10.1. The second-order valence-corrected chi connectivity index (χ2v) is 6.22. The van der Waals surface area contributed by atoms with E-state index in [9.17, 15) is 9.59 Å². The topological polar surface area (TPSA) is 65.7 Å². The first kappa shape index (κ1) is 19.5. The number of halogens is 1. The molecule has 0 aliphatic heterocycles. The van der Waals surface area contributed by atoms with Gasteiger partial charge in [0.2, 0.25) is 0 Å². The summed E-state index contributed by atoms with van der Waals surface area (Å²) in [5.41, 5.74) is 1.47. The average Bonchev–Trinajstić information content (AvgIpc) is 3.21. The monoisotopic (exact) mass is 396 g/mol. The van der Waals surface area contributed by atoms with Crippen molar-refractivity contribution in [3.8, 4) is 17.1 Å². The van der Waals surface area contributed by atoms with Crippen molar-refractivity contribution < 1.29 is 23.5 Å². The fourth-order valence-electron chi connectivity index (χ4n) is 2.55. The van der Waals surface area contributed by atoms with Gasteiger partial charge in [0.05, 0.1) is 24.8 Å². The van der Waals surface area contributed by atoms with Gasteiger partial charge in [-0.25, -0.2) is 4.79 Å². The number of benzene rings is 2. The molecule has 0 aliphatic rings. The SMILES string of the molecule is COC(=O)c1cc(-c2ccc(/C=C/C(=O)c3ccc(OC)cc3)o2)ccc1Cl. The van der Waals surface area contributed by atoms with E-state index in [1.165, 1.54) is 13.2 Å². The van der Waals surface area contributed by atoms with E-state index in [-0.39, 0.29) is 11.3 Å². The molecule has 3 rings (SSSR count). The van der Waals surface area contributed by atoms with Gasteiger partial charge in [0, 0.05) is 11.1 Å². The molecule has 1 heterocycles. The molecule has 28 heavy (non-hydrogen) atoms. The zero-order valence-electron chi connectivity index (χ0n) is 15.3. The molecule has 1 aromatic heterocycles. The minimum absolute atomic E-state index is 0.153. The molecule has 0 fully saturated rings. The molecule has 0 atom stereocenters. The molecule has 0 spiro atoms. The number of esters is 1. The van der Waals surface area contributed by atoms with Crippen molar-refractivity contribution in [2.45, 2.75) is 0 Å². The molecule has 0 unspecified atom stereocenters. The summed E-state index contributed by atoms with van der Waals surface area (Å²) in [6.07, 6.45) is 3.03. The summed E-state index contributed by atoms with van der Waals surface area (Å²) in [4.78, 5) is 24.0. The van der Waals surface area contributed by atoms with E-state index in [1.807, 2.05) is 0 Å². The molecule has 0 saturated carbocycles. The van der Waals surface area contributed by atoms with E-state index in [1.54, 1.807) is 67.8 Å². The summed E-state index contributed by atoms with van der Waals surface area (Å²) in [7, 11) is 2.86. The summed E-state index contributed by atoms with van der Waals surface area (Å²) < 4.78 is 15.5. The molecular weight excluding hydrogens is 380 g/mol. The van der Waals surface area contributed by atoms with Gasteiger partial charge < -0.3 is 13.9 Å². The average molecular weight is 397 g/mol. The van der Waals surface area contributed by atoms with E-state index >= 15 is 0 Å². The van der Waals surface area contributed by atoms with Crippen LogP contribution in [0.3, 0.4) is 0 Å². The van der Waals surface area contributed by atoms with E-state index < -0.39 is 5.97 Å². The Hall–Kier alpha value is -3.31. The van der Waals surface area contributed by atoms with Crippen LogP contribution in [0.4, 0.5) is 0 Å². The van der Waals surface area contributed by atoms with Crippen LogP contribution in [-0.4, -0.2) is 26.0 Å². The number of rotatable bonds is 6. The molecule has 0 aliphatic carbocycles. The predicted octanol–water partition coefficient (Wildman–Crippen LogP) is 5.29. The number of methoxy groups -OCH3 is 2. The number of carbonyl (C=O) groups excluding carboxylic acids is 2. The Morgan fingerprint density at radius 2 is 1.75 bits per heavy atom. The van der Waals surface area contributed by atoms with E-state index in [0.29, 0.717) is 33.4 Å². The minimum atomic E-state index is -0.524. The van der Waals surface area contributed by atoms with Gasteiger partial charge in [0.1, 0.15) is 17.3 Å². The zero-order chi connectivity index (χ0) is 20.1. The van der Waals surface area contributed by atoms with Crippen LogP contribution in [0.15, 0.2) is 65.1 Å². The second kappa shape index (κ2) is 8.59. The van der Waals surface area contributed by atoms with Crippen molar-refractivity contribution >= 4 is 29.4 Å². The second-order valence-electron chi connectivity index (χ2n) is 5.81. The summed E-state index contributed by atoms with van der Waals surface area (Å²) in [6, 6.07) is 15.3. The van der Waals surface area contributed by atoms with E-state index in [0.717, 1.165) is 0 Å². The van der Waals surface area contributed by atoms with Gasteiger partial charge in [-0.3, -0.25) is 4.79 Å². The van der Waals surface area contributed by atoms with Crippen LogP contribution in [0.5, 0.6) is 5.75 Å². The van der Waals surface area contributed by atoms with Crippen molar-refractivity contribution in [1.82, 2.24) is 0 Å². The lowest BCUT2D eigenvalue weighted by Gasteiger charge is -2.04. The molecule has 0 bridgehead atoms. The minimum Gasteiger partial charge on any atom is -0.497 e. The van der Waals surface area contributed by atoms with Crippen molar-refractivity contribution in [3.63, 3.8) is 0 Å². The highest BCUT2D eigenvalue weighted by Gasteiger charge is 2.13. The lowest BCUT2D eigenvalue weighted by Crippen LogP contribution is -2.02. The van der Waals surface area contributed by atoms with E-state index in [4.69, 9.17) is 25.5 Å². The zero-order valence-corrected chi connectivity index (χ0v) is 16.0. The first-order valence-corrected chi connectivity index (χ1v) is 8.74. The quantitative estimate of drug-likeness (QED) is 0.321. The molecule has 3 aromatic rings. The molecule has 6 heteroatoms. The Labute approximate surface area is 167 Å². The molecule has 0 saturated heterocycles. The summed E-state index contributed by atoms with van der Waals surface area (Å²) in [5, 5.41) is 0.298. The number of ketones is 1. The number of hydrogen-bond donors (Lipinski definition) is 0. The highest BCUT2D eigenvalue weighted by Crippen LogP contribution is 2.27. The van der Waals surface area contributed by atoms with Crippen LogP contribution in [0, 0.1) is 0 Å². The van der Waals surface area contributed by atoms with Crippen molar-refractivity contribution in [3.05, 3.63) is 82.6 Å². The molecule has 2 aromatic carbocycles. The van der Waals surface area contributed by atoms with Crippen LogP contribution in [0.25, 0.3) is 17.4 Å². The maximum absolute atomic E-state index is 12.2. The number of hydrogen-bond acceptors (Lipinski definition) is 5. The third-order valence-electron chi connectivity index (χ3n) is 4.06. The number of carbonyl (C=O) groups is 2. The van der Waals surface area contributed by atoms with Gasteiger partial charge in [-0.15, -0.1) is 0 Å². The van der Waals surface area contributed by atoms with Crippen LogP contribution < -0.4 is 4.74 Å². The van der Waals surface area contributed by atoms with Crippen LogP contribution in [-0.2, 0) is 4.74 Å². The standard InChI is InChI=1S/C22H17ClO5/c1-26-16-6-3-14(4-7-16)20(24)11-8-17-9-12-21(28-17)15-5-10-19(23)18(13-15)22(25)27-2/h3-13H,1-2H3/b11-8+. The molecule has 0 radical (unpaired) electrons. The maximum Gasteiger partial charge on any atom is 0.339 e. The Morgan fingerprint density at radius 3 is 2.43 bits per heavy atom. The Balaban J connectivity index is 1.77. The molecule has 0 amide bonds. The first-order chi connectivity index (χ1) is 13.5. The Kier molecular flexibility index (Phi) is 5.96. The van der Waals surface area contributed by atoms with Crippen LogP contribution >= 0.6 is 11.6 Å². The Bertz CT molecular complexity index is 1030. The summed E-state index contributed by atoms with van der Waals surface area (Å²) in [5.74, 6) is 1.05. The third-order valence-corrected chi connectivity index (χ3v) is 4.39. The fourth-order valence-corrected chi connectivity index (χ4v) is 2.75. The van der Waals surface area contributed by atoms with Gasteiger partial charge in [-0.2, -0.15) is 0 Å². The largest absolute Gasteiger partial charge is 0.497 e. The Morgan fingerprint density at radius 1 is 1.00 bits per heavy atom. The highest BCUT2D eigenvalue weighted by molar-refractivity contribution is 6.33. The molecule has 0 N–H and O–H groups in total. The molecular formula is C22H17ClO5. The van der Waals surface area contributed by atoms with Gasteiger partial charge in [-0.05, 0) is 66.7 Å². The van der Waals surface area contributed by atoms with Crippen LogP contribution in [0.2, 0.25) is 5.02 Å². The molecule has 142 valence electrons. The van der Waals surface area contributed by atoms with Gasteiger partial charge in [-0.1, -0.05) is 11.6 Å². The number of ether oxygens (including phenoxy) is 2. The lowest BCUT2D eigenvalue weighted by molar-refractivity contribution is 0.0601. The normalized spacial score (nSPS) is 10.8.